The molecule has 0 aliphatic carbocycles. The third-order valence-electron chi connectivity index (χ3n) is 3.22. The number of hydrogen-bond donors (Lipinski definition) is 2. The molecular formula is C18H20CdO4. The second kappa shape index (κ2) is 10.9. The number of rotatable bonds is 4. The third kappa shape index (κ3) is 7.41. The van der Waals surface area contributed by atoms with Crippen LogP contribution in [0.5, 0.6) is 0 Å². The van der Waals surface area contributed by atoms with Gasteiger partial charge in [0.1, 0.15) is 0 Å². The molecule has 2 aromatic carbocycles. The van der Waals surface area contributed by atoms with Gasteiger partial charge in [0.25, 0.3) is 0 Å². The van der Waals surface area contributed by atoms with E-state index >= 15 is 0 Å². The largest absolute Gasteiger partial charge is 0.478 e. The summed E-state index contributed by atoms with van der Waals surface area (Å²) in [5.74, 6) is -1.74. The number of aryl methyl sites for hydroxylation is 2. The van der Waals surface area contributed by atoms with Crippen molar-refractivity contribution in [3.63, 3.8) is 0 Å². The fraction of sp³-hybridized carbons (Fsp3) is 0.222. The Bertz CT molecular complexity index is 561. The van der Waals surface area contributed by atoms with E-state index in [0.29, 0.717) is 11.1 Å². The molecule has 2 aromatic rings. The predicted octanol–water partition coefficient (Wildman–Crippen LogP) is 3.89. The first-order valence-corrected chi connectivity index (χ1v) is 7.12. The van der Waals surface area contributed by atoms with Crippen molar-refractivity contribution in [2.75, 3.05) is 0 Å². The molecule has 5 heteroatoms. The van der Waals surface area contributed by atoms with Gasteiger partial charge < -0.3 is 10.2 Å². The molecule has 0 spiro atoms. The summed E-state index contributed by atoms with van der Waals surface area (Å²) in [6.07, 6.45) is 1.89. The Morgan fingerprint density at radius 3 is 1.13 bits per heavy atom. The molecule has 0 heterocycles. The fourth-order valence-corrected chi connectivity index (χ4v) is 1.77. The van der Waals surface area contributed by atoms with Crippen molar-refractivity contribution in [2.24, 2.45) is 0 Å². The standard InChI is InChI=1S/2C9H10O2.Cd/c2*1-2-7-3-5-8(6-4-7)9(10)11;/h2*3-6H,2H2,1H3,(H,10,11);. The molecule has 0 fully saturated rings. The Labute approximate surface area is 156 Å². The van der Waals surface area contributed by atoms with Gasteiger partial charge in [-0.25, -0.2) is 9.59 Å². The minimum absolute atomic E-state index is 0. The normalized spacial score (nSPS) is 9.13. The molecule has 0 aliphatic rings. The van der Waals surface area contributed by atoms with Gasteiger partial charge in [-0.1, -0.05) is 38.1 Å². The van der Waals surface area contributed by atoms with Crippen LogP contribution >= 0.6 is 0 Å². The van der Waals surface area contributed by atoms with E-state index in [1.165, 1.54) is 0 Å². The Hall–Kier alpha value is -1.70. The molecule has 2 rings (SSSR count). The van der Waals surface area contributed by atoms with Gasteiger partial charge in [0, 0.05) is 27.3 Å². The third-order valence-corrected chi connectivity index (χ3v) is 3.22. The molecule has 0 unspecified atom stereocenters. The maximum absolute atomic E-state index is 10.4. The van der Waals surface area contributed by atoms with Crippen LogP contribution in [0, 0.1) is 0 Å². The van der Waals surface area contributed by atoms with Crippen LogP contribution in [0.4, 0.5) is 0 Å². The van der Waals surface area contributed by atoms with E-state index in [4.69, 9.17) is 10.2 Å². The van der Waals surface area contributed by atoms with Crippen molar-refractivity contribution < 1.29 is 47.1 Å². The molecule has 2 N–H and O–H groups in total. The summed E-state index contributed by atoms with van der Waals surface area (Å²) < 4.78 is 0. The summed E-state index contributed by atoms with van der Waals surface area (Å²) in [5, 5.41) is 17.1. The molecule has 0 amide bonds. The van der Waals surface area contributed by atoms with E-state index in [2.05, 4.69) is 0 Å². The Balaban J connectivity index is 0.000000403. The van der Waals surface area contributed by atoms with Gasteiger partial charge >= 0.3 is 11.9 Å². The average Bonchev–Trinajstić information content (AvgIpc) is 2.55. The summed E-state index contributed by atoms with van der Waals surface area (Å²) in [6.45, 7) is 4.07. The van der Waals surface area contributed by atoms with Gasteiger partial charge in [0.2, 0.25) is 0 Å². The smallest absolute Gasteiger partial charge is 0.335 e. The number of aromatic carboxylic acids is 2. The van der Waals surface area contributed by atoms with Gasteiger partial charge in [-0.05, 0) is 48.2 Å². The van der Waals surface area contributed by atoms with Crippen LogP contribution in [0.2, 0.25) is 0 Å². The van der Waals surface area contributed by atoms with E-state index in [-0.39, 0.29) is 27.3 Å². The second-order valence-electron chi connectivity index (χ2n) is 4.71. The molecule has 118 valence electrons. The fourth-order valence-electron chi connectivity index (χ4n) is 1.77. The SMILES string of the molecule is CCc1ccc(C(=O)O)cc1.CCc1ccc(C(=O)O)cc1.[Cd]. The van der Waals surface area contributed by atoms with Crippen molar-refractivity contribution in [1.82, 2.24) is 0 Å². The molecule has 0 radical (unpaired) electrons. The average molecular weight is 413 g/mol. The first-order valence-electron chi connectivity index (χ1n) is 7.12. The number of carboxylic acid groups (broad SMARTS) is 2. The maximum Gasteiger partial charge on any atom is 0.335 e. The topological polar surface area (TPSA) is 74.6 Å². The molecule has 4 nitrogen and oxygen atoms in total. The van der Waals surface area contributed by atoms with Gasteiger partial charge in [-0.3, -0.25) is 0 Å². The van der Waals surface area contributed by atoms with Gasteiger partial charge in [0.05, 0.1) is 11.1 Å². The molecule has 0 aromatic heterocycles. The first kappa shape index (κ1) is 21.3. The van der Waals surface area contributed by atoms with E-state index < -0.39 is 11.9 Å². The number of carboxylic acids is 2. The molecule has 0 aliphatic heterocycles. The molecule has 0 saturated heterocycles. The molecule has 23 heavy (non-hydrogen) atoms. The molecule has 0 saturated carbocycles. The Morgan fingerprint density at radius 1 is 0.696 bits per heavy atom. The summed E-state index contributed by atoms with van der Waals surface area (Å²) in [6, 6.07) is 13.9. The summed E-state index contributed by atoms with van der Waals surface area (Å²) in [7, 11) is 0. The summed E-state index contributed by atoms with van der Waals surface area (Å²) in [5.41, 5.74) is 3.02. The van der Waals surface area contributed by atoms with Gasteiger partial charge in [-0.2, -0.15) is 0 Å². The van der Waals surface area contributed by atoms with Crippen LogP contribution in [0.15, 0.2) is 48.5 Å². The van der Waals surface area contributed by atoms with Crippen molar-refractivity contribution in [3.8, 4) is 0 Å². The van der Waals surface area contributed by atoms with Gasteiger partial charge in [-0.15, -0.1) is 0 Å². The Kier molecular flexibility index (Phi) is 10.1. The Morgan fingerprint density at radius 2 is 0.957 bits per heavy atom. The summed E-state index contributed by atoms with van der Waals surface area (Å²) >= 11 is 0. The van der Waals surface area contributed by atoms with E-state index in [9.17, 15) is 9.59 Å². The zero-order valence-corrected chi connectivity index (χ0v) is 17.5. The van der Waals surface area contributed by atoms with Crippen molar-refractivity contribution in [3.05, 3.63) is 70.8 Å². The second-order valence-corrected chi connectivity index (χ2v) is 4.71. The minimum atomic E-state index is -0.868. The number of benzene rings is 2. The van der Waals surface area contributed by atoms with Crippen LogP contribution in [-0.2, 0) is 40.1 Å². The molecule has 0 atom stereocenters. The first-order chi connectivity index (χ1) is 10.5. The van der Waals surface area contributed by atoms with Crippen molar-refractivity contribution >= 4 is 11.9 Å². The van der Waals surface area contributed by atoms with E-state index in [1.54, 1.807) is 24.3 Å². The van der Waals surface area contributed by atoms with Crippen LogP contribution in [0.3, 0.4) is 0 Å². The zero-order valence-electron chi connectivity index (χ0n) is 13.5. The van der Waals surface area contributed by atoms with Crippen molar-refractivity contribution in [1.29, 1.82) is 0 Å². The van der Waals surface area contributed by atoms with E-state index in [0.717, 1.165) is 24.0 Å². The van der Waals surface area contributed by atoms with Gasteiger partial charge in [0.15, 0.2) is 0 Å². The number of carbonyl (C=O) groups is 2. The minimum Gasteiger partial charge on any atom is -0.478 e. The molecular weight excluding hydrogens is 393 g/mol. The quantitative estimate of drug-likeness (QED) is 0.747. The van der Waals surface area contributed by atoms with Crippen LogP contribution in [0.1, 0.15) is 45.7 Å². The monoisotopic (exact) mass is 414 g/mol. The van der Waals surface area contributed by atoms with Crippen LogP contribution in [0.25, 0.3) is 0 Å². The van der Waals surface area contributed by atoms with Crippen LogP contribution < -0.4 is 0 Å². The van der Waals surface area contributed by atoms with Crippen LogP contribution in [-0.4, -0.2) is 22.2 Å². The molecule has 0 bridgehead atoms. The van der Waals surface area contributed by atoms with E-state index in [1.807, 2.05) is 38.1 Å². The summed E-state index contributed by atoms with van der Waals surface area (Å²) in [4.78, 5) is 20.8. The van der Waals surface area contributed by atoms with Crippen molar-refractivity contribution in [2.45, 2.75) is 26.7 Å². The zero-order chi connectivity index (χ0) is 16.5. The maximum atomic E-state index is 10.4. The predicted molar refractivity (Wildman–Crippen MR) is 85.6 cm³/mol. The number of hydrogen-bond acceptors (Lipinski definition) is 2.